The van der Waals surface area contributed by atoms with Gasteiger partial charge >= 0.3 is 0 Å². The zero-order valence-electron chi connectivity index (χ0n) is 16.3. The van der Waals surface area contributed by atoms with E-state index in [9.17, 15) is 13.2 Å². The Labute approximate surface area is 174 Å². The first kappa shape index (κ1) is 20.4. The lowest BCUT2D eigenvalue weighted by atomic mass is 10.2. The number of nitrogens with one attached hydrogen (secondary N) is 2. The summed E-state index contributed by atoms with van der Waals surface area (Å²) >= 11 is 1.30. The van der Waals surface area contributed by atoms with Crippen LogP contribution in [0.4, 0.5) is 5.69 Å². The topological polar surface area (TPSA) is 108 Å². The molecule has 2 heterocycles. The third kappa shape index (κ3) is 4.81. The van der Waals surface area contributed by atoms with Crippen molar-refractivity contribution < 1.29 is 13.2 Å². The van der Waals surface area contributed by atoms with Gasteiger partial charge in [-0.15, -0.1) is 5.10 Å². The van der Waals surface area contributed by atoms with Crippen molar-refractivity contribution in [3.8, 4) is 0 Å². The molecular formula is C19H25N5O3S2. The van der Waals surface area contributed by atoms with Crippen LogP contribution in [-0.4, -0.2) is 52.2 Å². The predicted octanol–water partition coefficient (Wildman–Crippen LogP) is 2.98. The highest BCUT2D eigenvalue weighted by Gasteiger charge is 2.28. The van der Waals surface area contributed by atoms with E-state index in [1.54, 1.807) is 31.2 Å². The quantitative estimate of drug-likeness (QED) is 0.648. The molecule has 1 amide bonds. The number of aromatic nitrogens is 3. The molecule has 1 unspecified atom stereocenters. The average molecular weight is 436 g/mol. The second-order valence-electron chi connectivity index (χ2n) is 7.52. The molecule has 1 aliphatic heterocycles. The van der Waals surface area contributed by atoms with Crippen LogP contribution < -0.4 is 5.32 Å². The van der Waals surface area contributed by atoms with Gasteiger partial charge in [0.25, 0.3) is 0 Å². The molecule has 2 fully saturated rings. The van der Waals surface area contributed by atoms with E-state index in [0.717, 1.165) is 37.9 Å². The lowest BCUT2D eigenvalue weighted by molar-refractivity contribution is -0.115. The van der Waals surface area contributed by atoms with Crippen LogP contribution in [0.1, 0.15) is 50.8 Å². The Balaban J connectivity index is 1.35. The van der Waals surface area contributed by atoms with Gasteiger partial charge in [0.15, 0.2) is 0 Å². The summed E-state index contributed by atoms with van der Waals surface area (Å²) in [4.78, 5) is 17.2. The second-order valence-corrected chi connectivity index (χ2v) is 10.8. The maximum absolute atomic E-state index is 12.7. The molecule has 2 N–H and O–H groups in total. The van der Waals surface area contributed by atoms with Gasteiger partial charge in [0.2, 0.25) is 21.1 Å². The molecule has 10 heteroatoms. The Morgan fingerprint density at radius 1 is 1.21 bits per heavy atom. The van der Waals surface area contributed by atoms with Gasteiger partial charge in [-0.3, -0.25) is 9.89 Å². The zero-order chi connectivity index (χ0) is 20.4. The molecule has 0 radical (unpaired) electrons. The van der Waals surface area contributed by atoms with Crippen LogP contribution in [0.3, 0.4) is 0 Å². The summed E-state index contributed by atoms with van der Waals surface area (Å²) in [5, 5.41) is 10.1. The molecule has 2 aromatic rings. The van der Waals surface area contributed by atoms with Crippen molar-refractivity contribution in [2.75, 3.05) is 18.4 Å². The molecule has 0 bridgehead atoms. The lowest BCUT2D eigenvalue weighted by Crippen LogP contribution is -2.35. The lowest BCUT2D eigenvalue weighted by Gasteiger charge is -2.25. The number of thioether (sulfide) groups is 1. The van der Waals surface area contributed by atoms with Crippen molar-refractivity contribution in [1.29, 1.82) is 0 Å². The maximum Gasteiger partial charge on any atom is 0.243 e. The van der Waals surface area contributed by atoms with Crippen molar-refractivity contribution in [1.82, 2.24) is 19.5 Å². The number of piperidine rings is 1. The summed E-state index contributed by atoms with van der Waals surface area (Å²) in [6.07, 6.45) is 5.15. The van der Waals surface area contributed by atoms with E-state index in [1.165, 1.54) is 16.1 Å². The monoisotopic (exact) mass is 435 g/mol. The van der Waals surface area contributed by atoms with Crippen LogP contribution in [0.2, 0.25) is 0 Å². The minimum Gasteiger partial charge on any atom is -0.325 e. The molecule has 1 aliphatic carbocycles. The van der Waals surface area contributed by atoms with Crippen molar-refractivity contribution in [3.63, 3.8) is 0 Å². The van der Waals surface area contributed by atoms with Crippen LogP contribution in [0, 0.1) is 0 Å². The molecule has 8 nitrogen and oxygen atoms in total. The highest BCUT2D eigenvalue weighted by atomic mass is 32.2. The summed E-state index contributed by atoms with van der Waals surface area (Å²) in [7, 11) is -3.47. The van der Waals surface area contributed by atoms with Gasteiger partial charge in [-0.1, -0.05) is 18.2 Å². The van der Waals surface area contributed by atoms with E-state index in [2.05, 4.69) is 20.5 Å². The molecule has 4 rings (SSSR count). The van der Waals surface area contributed by atoms with E-state index in [4.69, 9.17) is 0 Å². The Bertz CT molecular complexity index is 964. The first-order chi connectivity index (χ1) is 13.9. The summed E-state index contributed by atoms with van der Waals surface area (Å²) in [6, 6.07) is 6.36. The third-order valence-corrected chi connectivity index (χ3v) is 8.05. The van der Waals surface area contributed by atoms with E-state index < -0.39 is 10.0 Å². The van der Waals surface area contributed by atoms with Gasteiger partial charge in [-0.05, 0) is 56.9 Å². The first-order valence-corrected chi connectivity index (χ1v) is 12.3. The smallest absolute Gasteiger partial charge is 0.243 e. The van der Waals surface area contributed by atoms with E-state index in [-0.39, 0.29) is 16.1 Å². The minimum absolute atomic E-state index is 0.181. The largest absolute Gasteiger partial charge is 0.325 e. The number of carbonyl (C=O) groups excluding carboxylic acids is 1. The van der Waals surface area contributed by atoms with Gasteiger partial charge in [0.05, 0.1) is 10.1 Å². The molecule has 0 spiro atoms. The number of hydrogen-bond acceptors (Lipinski definition) is 6. The van der Waals surface area contributed by atoms with Crippen molar-refractivity contribution in [2.45, 2.75) is 60.2 Å². The number of aromatic amines is 1. The van der Waals surface area contributed by atoms with E-state index >= 15 is 0 Å². The number of hydrogen-bond donors (Lipinski definition) is 2. The standard InChI is InChI=1S/C19H25N5O3S2/c1-13(28-19-21-17(22-23-19)14-5-6-14)18(25)20-15-7-9-16(10-8-15)29(26,27)24-11-3-2-4-12-24/h7-10,13-14H,2-6,11-12H2,1H3,(H,20,25)(H,21,22,23). The number of benzene rings is 1. The first-order valence-electron chi connectivity index (χ1n) is 9.93. The molecule has 1 saturated carbocycles. The van der Waals surface area contributed by atoms with Crippen molar-refractivity contribution in [2.24, 2.45) is 0 Å². The fourth-order valence-corrected chi connectivity index (χ4v) is 5.52. The molecule has 1 atom stereocenters. The highest BCUT2D eigenvalue weighted by molar-refractivity contribution is 8.00. The van der Waals surface area contributed by atoms with Crippen LogP contribution in [0.5, 0.6) is 0 Å². The molecule has 1 saturated heterocycles. The summed E-state index contributed by atoms with van der Waals surface area (Å²) in [5.74, 6) is 1.20. The van der Waals surface area contributed by atoms with Crippen LogP contribution in [0.25, 0.3) is 0 Å². The van der Waals surface area contributed by atoms with Gasteiger partial charge in [-0.2, -0.15) is 4.31 Å². The fraction of sp³-hybridized carbons (Fsp3) is 0.526. The van der Waals surface area contributed by atoms with Gasteiger partial charge in [0.1, 0.15) is 5.82 Å². The average Bonchev–Trinajstić information content (AvgIpc) is 3.48. The Morgan fingerprint density at radius 2 is 1.90 bits per heavy atom. The van der Waals surface area contributed by atoms with Crippen molar-refractivity contribution in [3.05, 3.63) is 30.1 Å². The molecule has 1 aromatic carbocycles. The number of nitrogens with zero attached hydrogens (tertiary/aromatic N) is 3. The van der Waals surface area contributed by atoms with Crippen LogP contribution in [-0.2, 0) is 14.8 Å². The summed E-state index contributed by atoms with van der Waals surface area (Å²) in [5.41, 5.74) is 0.564. The zero-order valence-corrected chi connectivity index (χ0v) is 17.9. The Kier molecular flexibility index (Phi) is 5.93. The Morgan fingerprint density at radius 3 is 2.55 bits per heavy atom. The molecule has 156 valence electrons. The second kappa shape index (κ2) is 8.45. The van der Waals surface area contributed by atoms with E-state index in [0.29, 0.717) is 29.9 Å². The third-order valence-electron chi connectivity index (χ3n) is 5.17. The maximum atomic E-state index is 12.7. The molecule has 29 heavy (non-hydrogen) atoms. The minimum atomic E-state index is -3.47. The number of sulfonamides is 1. The van der Waals surface area contributed by atoms with E-state index in [1.807, 2.05) is 0 Å². The summed E-state index contributed by atoms with van der Waals surface area (Å²) < 4.78 is 26.9. The van der Waals surface area contributed by atoms with Gasteiger partial charge in [-0.25, -0.2) is 13.4 Å². The summed E-state index contributed by atoms with van der Waals surface area (Å²) in [6.45, 7) is 2.93. The number of rotatable bonds is 7. The number of anilines is 1. The number of carbonyl (C=O) groups is 1. The molecule has 2 aliphatic rings. The van der Waals surface area contributed by atoms with Crippen molar-refractivity contribution >= 4 is 33.4 Å². The SMILES string of the molecule is CC(Sc1n[nH]c(C2CC2)n1)C(=O)Nc1ccc(S(=O)(=O)N2CCCCC2)cc1. The predicted molar refractivity (Wildman–Crippen MR) is 111 cm³/mol. The van der Waals surface area contributed by atoms with Crippen LogP contribution in [0.15, 0.2) is 34.3 Å². The molecular weight excluding hydrogens is 410 g/mol. The van der Waals surface area contributed by atoms with Crippen LogP contribution >= 0.6 is 11.8 Å². The highest BCUT2D eigenvalue weighted by Crippen LogP contribution is 2.38. The van der Waals surface area contributed by atoms with Gasteiger partial charge < -0.3 is 5.32 Å². The number of H-pyrrole nitrogens is 1. The van der Waals surface area contributed by atoms with Gasteiger partial charge in [0, 0.05) is 24.7 Å². The fourth-order valence-electron chi connectivity index (χ4n) is 3.27. The Hall–Kier alpha value is -1.91. The number of amides is 1. The molecule has 1 aromatic heterocycles. The normalized spacial score (nSPS) is 19.1.